The Morgan fingerprint density at radius 1 is 1.07 bits per heavy atom. The second kappa shape index (κ2) is 4.81. The lowest BCUT2D eigenvalue weighted by molar-refractivity contribution is -0.0736. The molecule has 1 nitrogen and oxygen atoms in total. The molecule has 88 valence electrons. The monoisotopic (exact) mass is 230 g/mol. The molecule has 0 radical (unpaired) electrons. The summed E-state index contributed by atoms with van der Waals surface area (Å²) in [6, 6.07) is -2.19. The van der Waals surface area contributed by atoms with Gasteiger partial charge in [0.25, 0.3) is 0 Å². The van der Waals surface area contributed by atoms with E-state index >= 15 is 0 Å². The first kappa shape index (κ1) is 12.3. The second-order valence-electron chi connectivity index (χ2n) is 3.73. The van der Waals surface area contributed by atoms with Gasteiger partial charge in [0, 0.05) is 0 Å². The molecule has 0 aromatic rings. The van der Waals surface area contributed by atoms with E-state index in [-0.39, 0.29) is 18.8 Å². The first-order valence-corrected chi connectivity index (χ1v) is 4.57. The van der Waals surface area contributed by atoms with Gasteiger partial charge in [-0.2, -0.15) is 13.2 Å². The molecule has 1 aliphatic rings. The highest BCUT2D eigenvalue weighted by Gasteiger charge is 2.39. The molecular formula is C9H11F5O. The van der Waals surface area contributed by atoms with Crippen molar-refractivity contribution in [1.29, 1.82) is 0 Å². The predicted octanol–water partition coefficient (Wildman–Crippen LogP) is 3.51. The number of halogens is 5. The van der Waals surface area contributed by atoms with Crippen molar-refractivity contribution in [3.63, 3.8) is 0 Å². The minimum absolute atomic E-state index is 0.00767. The van der Waals surface area contributed by atoms with Crippen LogP contribution in [0.2, 0.25) is 0 Å². The Labute approximate surface area is 83.9 Å². The average Bonchev–Trinajstić information content (AvgIpc) is 2.10. The molecule has 0 aromatic heterocycles. The molecule has 0 heterocycles. The number of hydrogen-bond donors (Lipinski definition) is 0. The minimum Gasteiger partial charge on any atom is -0.457 e. The largest absolute Gasteiger partial charge is 0.457 e. The van der Waals surface area contributed by atoms with Gasteiger partial charge in [-0.25, -0.2) is 8.78 Å². The molecule has 1 fully saturated rings. The van der Waals surface area contributed by atoms with Crippen LogP contribution in [0.4, 0.5) is 22.0 Å². The van der Waals surface area contributed by atoms with Gasteiger partial charge >= 0.3 is 12.1 Å². The van der Waals surface area contributed by atoms with Gasteiger partial charge in [-0.15, -0.1) is 0 Å². The van der Waals surface area contributed by atoms with Gasteiger partial charge in [-0.3, -0.25) is 0 Å². The van der Waals surface area contributed by atoms with Crippen LogP contribution in [-0.2, 0) is 4.74 Å². The van der Waals surface area contributed by atoms with Crippen LogP contribution >= 0.6 is 0 Å². The van der Waals surface area contributed by atoms with Crippen molar-refractivity contribution in [3.05, 3.63) is 12.1 Å². The van der Waals surface area contributed by atoms with Gasteiger partial charge in [0.05, 0.1) is 0 Å². The topological polar surface area (TPSA) is 9.23 Å². The molecule has 0 bridgehead atoms. The van der Waals surface area contributed by atoms with Crippen molar-refractivity contribution in [3.8, 4) is 0 Å². The summed E-state index contributed by atoms with van der Waals surface area (Å²) in [4.78, 5) is 0. The fourth-order valence-electron chi connectivity index (χ4n) is 1.67. The van der Waals surface area contributed by atoms with E-state index in [1.165, 1.54) is 0 Å². The summed E-state index contributed by atoms with van der Waals surface area (Å²) in [7, 11) is 0. The van der Waals surface area contributed by atoms with E-state index in [4.69, 9.17) is 0 Å². The van der Waals surface area contributed by atoms with Crippen LogP contribution in [0, 0.1) is 5.92 Å². The lowest BCUT2D eigenvalue weighted by Crippen LogP contribution is -2.41. The summed E-state index contributed by atoms with van der Waals surface area (Å²) in [6.07, 6.45) is -7.99. The van der Waals surface area contributed by atoms with Crippen LogP contribution in [0.1, 0.15) is 19.8 Å². The molecule has 6 heteroatoms. The van der Waals surface area contributed by atoms with Crippen LogP contribution < -0.4 is 0 Å². The summed E-state index contributed by atoms with van der Waals surface area (Å²) >= 11 is 0. The van der Waals surface area contributed by atoms with Crippen molar-refractivity contribution >= 4 is 0 Å². The summed E-state index contributed by atoms with van der Waals surface area (Å²) in [5, 5.41) is 0. The van der Waals surface area contributed by atoms with Crippen LogP contribution in [-0.4, -0.2) is 18.4 Å². The van der Waals surface area contributed by atoms with Gasteiger partial charge in [-0.05, 0) is 18.8 Å². The minimum atomic E-state index is -2.70. The van der Waals surface area contributed by atoms with E-state index in [0.717, 1.165) is 0 Å². The van der Waals surface area contributed by atoms with Crippen LogP contribution in [0.5, 0.6) is 0 Å². The highest BCUT2D eigenvalue weighted by atomic mass is 19.3. The van der Waals surface area contributed by atoms with E-state index in [2.05, 4.69) is 4.74 Å². The Kier molecular flexibility index (Phi) is 3.93. The molecule has 0 spiro atoms. The van der Waals surface area contributed by atoms with E-state index in [9.17, 15) is 22.0 Å². The molecule has 0 amide bonds. The zero-order valence-corrected chi connectivity index (χ0v) is 8.02. The summed E-state index contributed by atoms with van der Waals surface area (Å²) in [5.41, 5.74) is 0. The first-order valence-electron chi connectivity index (χ1n) is 4.57. The summed E-state index contributed by atoms with van der Waals surface area (Å²) in [5.74, 6) is -0.197. The van der Waals surface area contributed by atoms with Gasteiger partial charge < -0.3 is 4.74 Å². The van der Waals surface area contributed by atoms with Crippen LogP contribution in [0.25, 0.3) is 0 Å². The third kappa shape index (κ3) is 3.07. The number of hydrogen-bond acceptors (Lipinski definition) is 1. The van der Waals surface area contributed by atoms with E-state index < -0.39 is 30.5 Å². The molecule has 0 saturated heterocycles. The standard InChI is InChI=1S/C9H11F5O/c1-4-2-5(10)7(6(11)3-4)15-9(14)8(12)13/h4-7H,2-3H2,1H3. The Hall–Kier alpha value is -0.810. The van der Waals surface area contributed by atoms with Gasteiger partial charge in [0.1, 0.15) is 12.3 Å². The summed E-state index contributed by atoms with van der Waals surface area (Å²) in [6.45, 7) is 1.64. The van der Waals surface area contributed by atoms with Crippen LogP contribution in [0.15, 0.2) is 12.1 Å². The van der Waals surface area contributed by atoms with Crippen molar-refractivity contribution in [2.75, 3.05) is 0 Å². The van der Waals surface area contributed by atoms with E-state index in [0.29, 0.717) is 0 Å². The number of alkyl halides is 2. The zero-order chi connectivity index (χ0) is 11.6. The quantitative estimate of drug-likeness (QED) is 0.521. The molecule has 1 saturated carbocycles. The number of rotatable bonds is 2. The summed E-state index contributed by atoms with van der Waals surface area (Å²) < 4.78 is 65.9. The Balaban J connectivity index is 2.65. The zero-order valence-electron chi connectivity index (χ0n) is 8.02. The Morgan fingerprint density at radius 2 is 1.53 bits per heavy atom. The maximum absolute atomic E-state index is 13.2. The predicted molar refractivity (Wildman–Crippen MR) is 43.4 cm³/mol. The fraction of sp³-hybridized carbons (Fsp3) is 0.778. The highest BCUT2D eigenvalue weighted by molar-refractivity contribution is 4.91. The normalized spacial score (nSPS) is 36.1. The van der Waals surface area contributed by atoms with E-state index in [1.54, 1.807) is 6.92 Å². The average molecular weight is 230 g/mol. The smallest absolute Gasteiger partial charge is 0.342 e. The van der Waals surface area contributed by atoms with Gasteiger partial charge in [-0.1, -0.05) is 6.92 Å². The van der Waals surface area contributed by atoms with Gasteiger partial charge in [0.2, 0.25) is 0 Å². The van der Waals surface area contributed by atoms with E-state index in [1.807, 2.05) is 0 Å². The number of ether oxygens (including phenoxy) is 1. The molecule has 1 aliphatic carbocycles. The van der Waals surface area contributed by atoms with Gasteiger partial charge in [0.15, 0.2) is 6.10 Å². The molecule has 0 N–H and O–H groups in total. The SMILES string of the molecule is CC1CC(F)C(OC(F)=C(F)F)C(F)C1. The van der Waals surface area contributed by atoms with Crippen molar-refractivity contribution in [1.82, 2.24) is 0 Å². The molecule has 15 heavy (non-hydrogen) atoms. The first-order chi connectivity index (χ1) is 6.91. The molecule has 0 aliphatic heterocycles. The highest BCUT2D eigenvalue weighted by Crippen LogP contribution is 2.32. The maximum atomic E-state index is 13.2. The molecule has 1 rings (SSSR count). The van der Waals surface area contributed by atoms with Crippen LogP contribution in [0.3, 0.4) is 0 Å². The van der Waals surface area contributed by atoms with Crippen molar-refractivity contribution in [2.45, 2.75) is 38.2 Å². The molecule has 2 unspecified atom stereocenters. The maximum Gasteiger partial charge on any atom is 0.342 e. The third-order valence-corrected chi connectivity index (χ3v) is 2.36. The fourth-order valence-corrected chi connectivity index (χ4v) is 1.67. The second-order valence-corrected chi connectivity index (χ2v) is 3.73. The van der Waals surface area contributed by atoms with Crippen molar-refractivity contribution in [2.24, 2.45) is 5.92 Å². The lowest BCUT2D eigenvalue weighted by Gasteiger charge is -2.32. The molecule has 0 aromatic carbocycles. The Morgan fingerprint density at radius 3 is 1.93 bits per heavy atom. The lowest BCUT2D eigenvalue weighted by atomic mass is 9.86. The molecule has 2 atom stereocenters. The van der Waals surface area contributed by atoms with Crippen molar-refractivity contribution < 1.29 is 26.7 Å². The molecular weight excluding hydrogens is 219 g/mol. The Bertz CT molecular complexity index is 239. The third-order valence-electron chi connectivity index (χ3n) is 2.36.